The van der Waals surface area contributed by atoms with Crippen LogP contribution in [0.4, 0.5) is 11.4 Å². The molecule has 1 saturated carbocycles. The molecule has 2 heterocycles. The molecular weight excluding hydrogens is 649 g/mol. The molecule has 5 heteroatoms. The normalized spacial score (nSPS) is 21.7. The summed E-state index contributed by atoms with van der Waals surface area (Å²) in [5.74, 6) is 1.43. The van der Waals surface area contributed by atoms with E-state index in [0.29, 0.717) is 5.92 Å². The Morgan fingerprint density at radius 2 is 1.55 bits per heavy atom. The minimum absolute atomic E-state index is 0.669. The van der Waals surface area contributed by atoms with Crippen molar-refractivity contribution in [2.24, 2.45) is 11.8 Å². The predicted octanol–water partition coefficient (Wildman–Crippen LogP) is 8.60. The summed E-state index contributed by atoms with van der Waals surface area (Å²) in [6.45, 7) is 6.31. The van der Waals surface area contributed by atoms with Crippen LogP contribution in [-0.2, 0) is 50.9 Å². The van der Waals surface area contributed by atoms with E-state index in [1.807, 2.05) is 6.08 Å². The maximum atomic E-state index is 3.93. The predicted molar refractivity (Wildman–Crippen MR) is 178 cm³/mol. The Labute approximate surface area is 288 Å². The molecule has 0 spiro atoms. The van der Waals surface area contributed by atoms with Gasteiger partial charge in [-0.25, -0.2) is 0 Å². The van der Waals surface area contributed by atoms with Gasteiger partial charge in [0.25, 0.3) is 0 Å². The summed E-state index contributed by atoms with van der Waals surface area (Å²) in [7, 11) is 0. The zero-order valence-electron chi connectivity index (χ0n) is 24.8. The molecule has 3 aliphatic rings. The van der Waals surface area contributed by atoms with Crippen LogP contribution >= 0.6 is 0 Å². The van der Waals surface area contributed by atoms with Gasteiger partial charge in [-0.15, -0.1) is 0 Å². The standard InChI is InChI=1S/C39H34N2.3V/c1-3-14-34-28-40(38-24-9-7-22-36(34)38)26-13-21-35-29-41(39-25-10-8-23-37(35)39)27-33(32-16-5-4-6-17-32)20-12-19-31-18-11-15-30(31)2;;;/h3-10,12-14,16-17,19-26,30-31H,1,11,15,18H2,2H3;;;/q;;;+2. The third kappa shape index (κ3) is 6.13. The maximum absolute atomic E-state index is 3.93. The summed E-state index contributed by atoms with van der Waals surface area (Å²) >= 11 is 8.41. The Hall–Kier alpha value is -2.94. The molecule has 0 saturated heterocycles. The first kappa shape index (κ1) is 31.1. The Morgan fingerprint density at radius 1 is 0.864 bits per heavy atom. The Balaban J connectivity index is 1.33. The van der Waals surface area contributed by atoms with Gasteiger partial charge in [-0.3, -0.25) is 0 Å². The summed E-state index contributed by atoms with van der Waals surface area (Å²) in [5, 5.41) is 0. The molecule has 6 rings (SSSR count). The van der Waals surface area contributed by atoms with E-state index in [9.17, 15) is 0 Å². The molecule has 0 N–H and O–H groups in total. The summed E-state index contributed by atoms with van der Waals surface area (Å²) in [5.41, 5.74) is 9.62. The van der Waals surface area contributed by atoms with Crippen LogP contribution in [0, 0.1) is 11.8 Å². The average Bonchev–Trinajstić information content (AvgIpc) is 3.67. The molecule has 3 aromatic carbocycles. The van der Waals surface area contributed by atoms with Gasteiger partial charge in [-0.1, -0.05) is 0 Å². The van der Waals surface area contributed by atoms with Gasteiger partial charge < -0.3 is 0 Å². The van der Waals surface area contributed by atoms with E-state index in [1.165, 1.54) is 64.0 Å². The van der Waals surface area contributed by atoms with Crippen LogP contribution in [0.2, 0.25) is 0 Å². The molecule has 0 aromatic heterocycles. The molecule has 2 unspecified atom stereocenters. The van der Waals surface area contributed by atoms with Gasteiger partial charge in [-0.2, -0.15) is 0 Å². The number of fused-ring (bicyclic) bond motifs is 2. The molecule has 213 valence electrons. The van der Waals surface area contributed by atoms with E-state index < -0.39 is 0 Å². The number of anilines is 2. The second kappa shape index (κ2) is 14.0. The van der Waals surface area contributed by atoms with Crippen LogP contribution in [0.15, 0.2) is 134 Å². The first-order valence-corrected chi connectivity index (χ1v) is 17.2. The van der Waals surface area contributed by atoms with Crippen LogP contribution in [0.3, 0.4) is 0 Å². The Morgan fingerprint density at radius 3 is 2.25 bits per heavy atom. The van der Waals surface area contributed by atoms with Gasteiger partial charge in [-0.05, 0) is 0 Å². The zero-order chi connectivity index (χ0) is 30.6. The molecule has 44 heavy (non-hydrogen) atoms. The van der Waals surface area contributed by atoms with Crippen molar-refractivity contribution in [3.63, 3.8) is 0 Å². The molecule has 2 nitrogen and oxygen atoms in total. The molecule has 3 aromatic rings. The molecular formula is C39H34N2V3+2. The van der Waals surface area contributed by atoms with Gasteiger partial charge >= 0.3 is 291 Å². The van der Waals surface area contributed by atoms with Crippen LogP contribution in [-0.4, -0.2) is 13.1 Å². The van der Waals surface area contributed by atoms with Crippen LogP contribution < -0.4 is 9.80 Å². The quantitative estimate of drug-likeness (QED) is 0.220. The molecule has 0 amide bonds. The Kier molecular flexibility index (Phi) is 9.89. The molecule has 2 aliphatic heterocycles. The fraction of sp³-hybridized carbons (Fsp3) is 0.154. The van der Waals surface area contributed by atoms with Gasteiger partial charge in [0, 0.05) is 0 Å². The minimum atomic E-state index is 0.669. The number of nitrogens with zero attached hydrogens (tertiary/aromatic N) is 2. The van der Waals surface area contributed by atoms with Gasteiger partial charge in [0.1, 0.15) is 0 Å². The molecule has 1 fully saturated rings. The second-order valence-electron chi connectivity index (χ2n) is 11.4. The van der Waals surface area contributed by atoms with Crippen LogP contribution in [0.5, 0.6) is 0 Å². The number of hydrogen-bond donors (Lipinski definition) is 0. The summed E-state index contributed by atoms with van der Waals surface area (Å²) < 4.78 is 3.44. The number of rotatable bonds is 8. The van der Waals surface area contributed by atoms with Gasteiger partial charge in [0.15, 0.2) is 0 Å². The van der Waals surface area contributed by atoms with Crippen molar-refractivity contribution < 1.29 is 50.9 Å². The van der Waals surface area contributed by atoms with E-state index in [1.54, 1.807) is 0 Å². The third-order valence-corrected chi connectivity index (χ3v) is 10.8. The van der Waals surface area contributed by atoms with Crippen LogP contribution in [0.1, 0.15) is 42.9 Å². The number of hydrogen-bond acceptors (Lipinski definition) is 2. The average molecular weight is 684 g/mol. The summed E-state index contributed by atoms with van der Waals surface area (Å²) in [4.78, 5) is 4.62. The topological polar surface area (TPSA) is 6.48 Å². The van der Waals surface area contributed by atoms with E-state index in [2.05, 4.69) is 196 Å². The molecule has 1 aliphatic carbocycles. The fourth-order valence-electron chi connectivity index (χ4n) is 6.36. The number of para-hydroxylation sites is 2. The van der Waals surface area contributed by atoms with Crippen molar-refractivity contribution in [2.75, 3.05) is 9.80 Å². The van der Waals surface area contributed by atoms with Crippen molar-refractivity contribution in [3.05, 3.63) is 151 Å². The number of benzene rings is 3. The van der Waals surface area contributed by atoms with Crippen molar-refractivity contribution in [2.45, 2.75) is 26.2 Å². The van der Waals surface area contributed by atoms with Gasteiger partial charge in [0.2, 0.25) is 0 Å². The van der Waals surface area contributed by atoms with Crippen molar-refractivity contribution in [1.29, 1.82) is 0 Å². The van der Waals surface area contributed by atoms with E-state index in [4.69, 9.17) is 0 Å². The van der Waals surface area contributed by atoms with Crippen LogP contribution in [0.25, 0.3) is 16.7 Å². The second-order valence-corrected chi connectivity index (χ2v) is 13.3. The van der Waals surface area contributed by atoms with Crippen molar-refractivity contribution in [3.8, 4) is 0 Å². The molecule has 2 atom stereocenters. The van der Waals surface area contributed by atoms with Gasteiger partial charge in [0.05, 0.1) is 0 Å². The monoisotopic (exact) mass is 683 g/mol. The Bertz CT molecular complexity index is 1790. The first-order chi connectivity index (χ1) is 21.5. The van der Waals surface area contributed by atoms with E-state index in [-0.39, 0.29) is 0 Å². The SMILES string of the molecule is C=CC=C1[C](=[V+2])N(C=CC=C2[C](=[V])N([C](=[V])C(=CC=CC3CCCC3C)c3ccccc3)c3ccccc32)c2ccccc21. The molecule has 0 radical (unpaired) electrons. The first-order valence-electron chi connectivity index (χ1n) is 15.1. The fourth-order valence-corrected chi connectivity index (χ4v) is 8.41. The summed E-state index contributed by atoms with van der Waals surface area (Å²) in [6, 6.07) is 28.0. The van der Waals surface area contributed by atoms with E-state index in [0.717, 1.165) is 19.0 Å². The number of allylic oxidation sites excluding steroid dienone is 7. The van der Waals surface area contributed by atoms with E-state index >= 15 is 0 Å². The third-order valence-electron chi connectivity index (χ3n) is 8.68. The summed E-state index contributed by atoms with van der Waals surface area (Å²) in [6.07, 6.45) is 21.5. The molecule has 0 bridgehead atoms. The van der Waals surface area contributed by atoms with Crippen molar-refractivity contribution in [1.82, 2.24) is 0 Å². The zero-order valence-corrected chi connectivity index (χ0v) is 29.0. The van der Waals surface area contributed by atoms with Crippen molar-refractivity contribution >= 4 is 41.1 Å².